The lowest BCUT2D eigenvalue weighted by Crippen LogP contribution is -2.22. The van der Waals surface area contributed by atoms with Crippen LogP contribution in [-0.2, 0) is 4.79 Å². The van der Waals surface area contributed by atoms with E-state index in [0.29, 0.717) is 37.0 Å². The summed E-state index contributed by atoms with van der Waals surface area (Å²) in [6, 6.07) is 24.6. The molecule has 0 atom stereocenters. The number of hydrogen-bond donors (Lipinski definition) is 2. The second kappa shape index (κ2) is 12.9. The van der Waals surface area contributed by atoms with Gasteiger partial charge in [-0.05, 0) is 42.8 Å². The molecule has 0 aliphatic heterocycles. The van der Waals surface area contributed by atoms with E-state index < -0.39 is 0 Å². The highest BCUT2D eigenvalue weighted by molar-refractivity contribution is 5.95. The highest BCUT2D eigenvalue weighted by Gasteiger charge is 2.09. The Morgan fingerprint density at radius 3 is 2.06 bits per heavy atom. The van der Waals surface area contributed by atoms with Crippen LogP contribution >= 0.6 is 0 Å². The van der Waals surface area contributed by atoms with Crippen molar-refractivity contribution in [1.29, 1.82) is 0 Å². The van der Waals surface area contributed by atoms with Gasteiger partial charge in [0.25, 0.3) is 0 Å². The second-order valence-corrected chi connectivity index (χ2v) is 7.11. The predicted molar refractivity (Wildman–Crippen MR) is 128 cm³/mol. The first kappa shape index (κ1) is 23.0. The molecule has 6 heteroatoms. The Balaban J connectivity index is 1.48. The Morgan fingerprint density at radius 2 is 1.31 bits per heavy atom. The van der Waals surface area contributed by atoms with Gasteiger partial charge in [-0.3, -0.25) is 4.79 Å². The minimum Gasteiger partial charge on any atom is -0.491 e. The molecule has 0 aliphatic rings. The Morgan fingerprint density at radius 1 is 0.719 bits per heavy atom. The van der Waals surface area contributed by atoms with E-state index in [1.807, 2.05) is 78.9 Å². The molecule has 0 fully saturated rings. The van der Waals surface area contributed by atoms with Gasteiger partial charge in [0.2, 0.25) is 5.91 Å². The zero-order chi connectivity index (χ0) is 22.4. The molecule has 0 unspecified atom stereocenters. The molecule has 3 aromatic carbocycles. The Hall–Kier alpha value is -3.67. The molecule has 0 saturated carbocycles. The molecule has 1 amide bonds. The van der Waals surface area contributed by atoms with Crippen LogP contribution in [0.15, 0.2) is 78.9 Å². The van der Waals surface area contributed by atoms with Crippen molar-refractivity contribution in [1.82, 2.24) is 0 Å². The number of amides is 1. The first-order chi connectivity index (χ1) is 15.8. The number of hydrogen-bond acceptors (Lipinski definition) is 5. The average Bonchev–Trinajstić information content (AvgIpc) is 2.83. The minimum atomic E-state index is -0.168. The number of para-hydroxylation sites is 5. The number of nitrogens with one attached hydrogen (secondary N) is 2. The normalized spacial score (nSPS) is 10.3. The van der Waals surface area contributed by atoms with E-state index in [2.05, 4.69) is 17.6 Å². The lowest BCUT2D eigenvalue weighted by molar-refractivity contribution is -0.114. The van der Waals surface area contributed by atoms with Crippen LogP contribution in [0, 0.1) is 0 Å². The molecular weight excluding hydrogens is 404 g/mol. The van der Waals surface area contributed by atoms with Gasteiger partial charge < -0.3 is 24.8 Å². The number of rotatable bonds is 13. The maximum Gasteiger partial charge on any atom is 0.243 e. The van der Waals surface area contributed by atoms with Gasteiger partial charge in [-0.15, -0.1) is 0 Å². The topological polar surface area (TPSA) is 68.8 Å². The van der Waals surface area contributed by atoms with Crippen molar-refractivity contribution in [3.05, 3.63) is 78.9 Å². The van der Waals surface area contributed by atoms with E-state index in [0.717, 1.165) is 24.3 Å². The number of ether oxygens (including phenoxy) is 3. The molecule has 0 radical (unpaired) electrons. The van der Waals surface area contributed by atoms with Gasteiger partial charge >= 0.3 is 0 Å². The Bertz CT molecular complexity index is 963. The summed E-state index contributed by atoms with van der Waals surface area (Å²) in [5, 5.41) is 6.06. The number of benzene rings is 3. The third kappa shape index (κ3) is 7.54. The largest absolute Gasteiger partial charge is 0.491 e. The summed E-state index contributed by atoms with van der Waals surface area (Å²) in [5.74, 6) is 1.98. The monoisotopic (exact) mass is 434 g/mol. The van der Waals surface area contributed by atoms with Crippen molar-refractivity contribution in [2.24, 2.45) is 0 Å². The third-order valence-corrected chi connectivity index (χ3v) is 4.60. The first-order valence-electron chi connectivity index (χ1n) is 10.9. The number of carbonyl (C=O) groups excluding carboxylic acids is 1. The molecule has 3 rings (SSSR count). The molecule has 0 aromatic heterocycles. The van der Waals surface area contributed by atoms with Gasteiger partial charge in [0, 0.05) is 0 Å². The Kier molecular flexibility index (Phi) is 9.27. The highest BCUT2D eigenvalue weighted by Crippen LogP contribution is 2.25. The molecule has 32 heavy (non-hydrogen) atoms. The summed E-state index contributed by atoms with van der Waals surface area (Å²) in [6.45, 7) is 3.65. The van der Waals surface area contributed by atoms with Gasteiger partial charge in [-0.25, -0.2) is 0 Å². The number of unbranched alkanes of at least 4 members (excludes halogenated alkanes) is 1. The van der Waals surface area contributed by atoms with Gasteiger partial charge in [0.15, 0.2) is 0 Å². The van der Waals surface area contributed by atoms with Crippen LogP contribution in [0.1, 0.15) is 19.8 Å². The summed E-state index contributed by atoms with van der Waals surface area (Å²) >= 11 is 0. The van der Waals surface area contributed by atoms with Crippen molar-refractivity contribution in [3.63, 3.8) is 0 Å². The van der Waals surface area contributed by atoms with Crippen molar-refractivity contribution < 1.29 is 19.0 Å². The van der Waals surface area contributed by atoms with Crippen LogP contribution in [0.25, 0.3) is 0 Å². The van der Waals surface area contributed by atoms with Crippen molar-refractivity contribution in [2.45, 2.75) is 19.8 Å². The van der Waals surface area contributed by atoms with Gasteiger partial charge in [-0.2, -0.15) is 0 Å². The quantitative estimate of drug-likeness (QED) is 0.354. The SMILES string of the molecule is CCCCOc1ccccc1NC(=O)CNc1ccccc1OCCOc1ccccc1. The fourth-order valence-corrected chi connectivity index (χ4v) is 2.96. The van der Waals surface area contributed by atoms with Crippen molar-refractivity contribution in [2.75, 3.05) is 37.0 Å². The molecule has 0 saturated heterocycles. The number of carbonyl (C=O) groups is 1. The van der Waals surface area contributed by atoms with Gasteiger partial charge in [0.05, 0.1) is 24.5 Å². The molecule has 0 aliphatic carbocycles. The summed E-state index contributed by atoms with van der Waals surface area (Å²) in [4.78, 5) is 12.5. The zero-order valence-corrected chi connectivity index (χ0v) is 18.4. The van der Waals surface area contributed by atoms with Crippen molar-refractivity contribution >= 4 is 17.3 Å². The first-order valence-corrected chi connectivity index (χ1v) is 10.9. The predicted octanol–water partition coefficient (Wildman–Crippen LogP) is 5.37. The van der Waals surface area contributed by atoms with E-state index in [4.69, 9.17) is 14.2 Å². The van der Waals surface area contributed by atoms with Crippen LogP contribution in [0.2, 0.25) is 0 Å². The third-order valence-electron chi connectivity index (χ3n) is 4.60. The molecule has 0 bridgehead atoms. The highest BCUT2D eigenvalue weighted by atomic mass is 16.5. The maximum absolute atomic E-state index is 12.5. The average molecular weight is 435 g/mol. The van der Waals surface area contributed by atoms with Crippen LogP contribution < -0.4 is 24.8 Å². The maximum atomic E-state index is 12.5. The molecule has 2 N–H and O–H groups in total. The van der Waals surface area contributed by atoms with E-state index >= 15 is 0 Å². The molecule has 0 heterocycles. The Labute approximate surface area is 189 Å². The summed E-state index contributed by atoms with van der Waals surface area (Å²) in [6.07, 6.45) is 2.02. The summed E-state index contributed by atoms with van der Waals surface area (Å²) < 4.78 is 17.3. The second-order valence-electron chi connectivity index (χ2n) is 7.11. The fourth-order valence-electron chi connectivity index (χ4n) is 2.96. The van der Waals surface area contributed by atoms with Crippen LogP contribution in [0.5, 0.6) is 17.2 Å². The smallest absolute Gasteiger partial charge is 0.243 e. The summed E-state index contributed by atoms with van der Waals surface area (Å²) in [5.41, 5.74) is 1.41. The molecule has 3 aromatic rings. The minimum absolute atomic E-state index is 0.101. The standard InChI is InChI=1S/C26H30N2O4/c1-2-3-17-31-25-16-10-8-14-23(25)28-26(29)20-27-22-13-7-9-15-24(22)32-19-18-30-21-11-5-4-6-12-21/h4-16,27H,2-3,17-20H2,1H3,(H,28,29). The zero-order valence-electron chi connectivity index (χ0n) is 18.4. The molecule has 0 spiro atoms. The molecule has 6 nitrogen and oxygen atoms in total. The van der Waals surface area contributed by atoms with E-state index in [1.54, 1.807) is 0 Å². The van der Waals surface area contributed by atoms with E-state index in [-0.39, 0.29) is 12.5 Å². The van der Waals surface area contributed by atoms with Gasteiger partial charge in [-0.1, -0.05) is 55.8 Å². The summed E-state index contributed by atoms with van der Waals surface area (Å²) in [7, 11) is 0. The van der Waals surface area contributed by atoms with E-state index in [1.165, 1.54) is 0 Å². The van der Waals surface area contributed by atoms with Crippen LogP contribution in [-0.4, -0.2) is 32.3 Å². The van der Waals surface area contributed by atoms with Crippen LogP contribution in [0.4, 0.5) is 11.4 Å². The van der Waals surface area contributed by atoms with Crippen molar-refractivity contribution in [3.8, 4) is 17.2 Å². The van der Waals surface area contributed by atoms with E-state index in [9.17, 15) is 4.79 Å². The number of anilines is 2. The lowest BCUT2D eigenvalue weighted by atomic mass is 10.2. The van der Waals surface area contributed by atoms with Crippen LogP contribution in [0.3, 0.4) is 0 Å². The molecule has 168 valence electrons. The molecular formula is C26H30N2O4. The lowest BCUT2D eigenvalue weighted by Gasteiger charge is -2.15. The van der Waals surface area contributed by atoms with Gasteiger partial charge in [0.1, 0.15) is 30.5 Å². The fraction of sp³-hybridized carbons (Fsp3) is 0.269.